The normalized spacial score (nSPS) is 20.3. The van der Waals surface area contributed by atoms with Crippen LogP contribution in [0.4, 0.5) is 11.4 Å². The molecule has 0 unspecified atom stereocenters. The summed E-state index contributed by atoms with van der Waals surface area (Å²) in [4.78, 5) is 4.72. The predicted octanol–water partition coefficient (Wildman–Crippen LogP) is 2.97. The van der Waals surface area contributed by atoms with Gasteiger partial charge in [0, 0.05) is 17.8 Å². The van der Waals surface area contributed by atoms with Crippen LogP contribution < -0.4 is 14.8 Å². The van der Waals surface area contributed by atoms with Crippen molar-refractivity contribution in [2.45, 2.75) is 58.1 Å². The molecule has 1 aliphatic heterocycles. The van der Waals surface area contributed by atoms with Crippen LogP contribution in [0.2, 0.25) is 0 Å². The molecule has 7 nitrogen and oxygen atoms in total. The Morgan fingerprint density at radius 1 is 1.24 bits per heavy atom. The summed E-state index contributed by atoms with van der Waals surface area (Å²) in [5, 5.41) is 3.21. The summed E-state index contributed by atoms with van der Waals surface area (Å²) in [6.45, 7) is 2.45. The Kier molecular flexibility index (Phi) is 5.80. The lowest BCUT2D eigenvalue weighted by Crippen LogP contribution is -2.30. The van der Waals surface area contributed by atoms with Gasteiger partial charge in [0.05, 0.1) is 11.7 Å². The molecule has 0 radical (unpaired) electrons. The first-order valence-corrected chi connectivity index (χ1v) is 10.4. The van der Waals surface area contributed by atoms with Gasteiger partial charge in [-0.15, -0.1) is 0 Å². The molecule has 138 valence electrons. The van der Waals surface area contributed by atoms with Gasteiger partial charge in [-0.25, -0.2) is 4.99 Å². The molecule has 0 saturated heterocycles. The van der Waals surface area contributed by atoms with E-state index in [9.17, 15) is 8.42 Å². The molecule has 8 heteroatoms. The van der Waals surface area contributed by atoms with Crippen LogP contribution in [0, 0.1) is 0 Å². The minimum absolute atomic E-state index is 0.331. The summed E-state index contributed by atoms with van der Waals surface area (Å²) in [5.74, 6) is 0. The van der Waals surface area contributed by atoms with E-state index in [1.807, 2.05) is 6.07 Å². The van der Waals surface area contributed by atoms with Crippen LogP contribution in [0.15, 0.2) is 23.2 Å². The minimum Gasteiger partial charge on any atom is -0.460 e. The highest BCUT2D eigenvalue weighted by molar-refractivity contribution is 7.90. The molecule has 0 amide bonds. The number of rotatable bonds is 5. The van der Waals surface area contributed by atoms with E-state index in [1.54, 1.807) is 19.1 Å². The van der Waals surface area contributed by atoms with E-state index in [0.717, 1.165) is 24.1 Å². The van der Waals surface area contributed by atoms with Crippen molar-refractivity contribution in [3.8, 4) is 0 Å². The van der Waals surface area contributed by atoms with Crippen LogP contribution >= 0.6 is 0 Å². The smallest absolute Gasteiger partial charge is 0.299 e. The molecule has 0 bridgehead atoms. The molecule has 1 aromatic carbocycles. The maximum absolute atomic E-state index is 11.8. The number of ether oxygens (including phenoxy) is 1. The van der Waals surface area contributed by atoms with Crippen molar-refractivity contribution in [3.63, 3.8) is 0 Å². The molecule has 1 saturated carbocycles. The lowest BCUT2D eigenvalue weighted by Gasteiger charge is -2.23. The van der Waals surface area contributed by atoms with E-state index in [1.165, 1.54) is 25.7 Å². The Labute approximate surface area is 149 Å². The van der Waals surface area contributed by atoms with E-state index >= 15 is 0 Å². The van der Waals surface area contributed by atoms with Crippen LogP contribution in [-0.4, -0.2) is 27.0 Å². The first-order chi connectivity index (χ1) is 12.1. The Bertz CT molecular complexity index is 725. The Balaban J connectivity index is 1.68. The van der Waals surface area contributed by atoms with Gasteiger partial charge in [-0.1, -0.05) is 32.6 Å². The summed E-state index contributed by atoms with van der Waals surface area (Å²) in [6, 6.07) is 6.26. The number of benzene rings is 1. The fourth-order valence-corrected chi connectivity index (χ4v) is 4.09. The van der Waals surface area contributed by atoms with Gasteiger partial charge < -0.3 is 10.1 Å². The second-order valence-electron chi connectivity index (χ2n) is 6.47. The fourth-order valence-electron chi connectivity index (χ4n) is 3.20. The summed E-state index contributed by atoms with van der Waals surface area (Å²) >= 11 is 0. The van der Waals surface area contributed by atoms with Crippen molar-refractivity contribution in [1.29, 1.82) is 0 Å². The van der Waals surface area contributed by atoms with Gasteiger partial charge >= 0.3 is 0 Å². The van der Waals surface area contributed by atoms with Crippen molar-refractivity contribution in [1.82, 2.24) is 4.72 Å². The number of nitrogens with zero attached hydrogens (tertiary/aromatic N) is 1. The predicted molar refractivity (Wildman–Crippen MR) is 100.0 cm³/mol. The SMILES string of the molecule is CCNS(=O)(=O)Nc1ccc2c(c1)COC(=NC1CCCCCC1)N2. The average molecular weight is 366 g/mol. The van der Waals surface area contributed by atoms with Gasteiger partial charge in [0.2, 0.25) is 0 Å². The topological polar surface area (TPSA) is 91.8 Å². The number of hydrogen-bond acceptors (Lipinski definition) is 4. The van der Waals surface area contributed by atoms with E-state index in [-0.39, 0.29) is 0 Å². The van der Waals surface area contributed by atoms with Crippen molar-refractivity contribution in [2.24, 2.45) is 4.99 Å². The molecule has 2 aliphatic rings. The number of hydrogen-bond donors (Lipinski definition) is 3. The van der Waals surface area contributed by atoms with Gasteiger partial charge in [0.15, 0.2) is 0 Å². The number of amidine groups is 1. The van der Waals surface area contributed by atoms with E-state index in [4.69, 9.17) is 9.73 Å². The minimum atomic E-state index is -3.53. The maximum Gasteiger partial charge on any atom is 0.299 e. The lowest BCUT2D eigenvalue weighted by molar-refractivity contribution is 0.281. The third-order valence-electron chi connectivity index (χ3n) is 4.42. The quantitative estimate of drug-likeness (QED) is 0.699. The van der Waals surface area contributed by atoms with Gasteiger partial charge in [0.1, 0.15) is 6.61 Å². The summed E-state index contributed by atoms with van der Waals surface area (Å²) in [6.07, 6.45) is 7.29. The van der Waals surface area contributed by atoms with Crippen LogP contribution in [-0.2, 0) is 21.6 Å². The number of nitrogens with one attached hydrogen (secondary N) is 3. The third-order valence-corrected chi connectivity index (χ3v) is 5.60. The van der Waals surface area contributed by atoms with Crippen molar-refractivity contribution < 1.29 is 13.2 Å². The maximum atomic E-state index is 11.8. The molecule has 1 aliphatic carbocycles. The second kappa shape index (κ2) is 8.05. The zero-order valence-electron chi connectivity index (χ0n) is 14.5. The fraction of sp³-hybridized carbons (Fsp3) is 0.588. The van der Waals surface area contributed by atoms with E-state index in [2.05, 4.69) is 14.8 Å². The molecule has 0 aromatic heterocycles. The standard InChI is InChI=1S/C17H26N4O3S/c1-2-18-25(22,23)21-15-9-10-16-13(11-15)12-24-17(20-16)19-14-7-5-3-4-6-8-14/h9-11,14,18,21H,2-8,12H2,1H3,(H,19,20). The molecular weight excluding hydrogens is 340 g/mol. The largest absolute Gasteiger partial charge is 0.460 e. The zero-order chi connectivity index (χ0) is 17.7. The van der Waals surface area contributed by atoms with Gasteiger partial charge in [-0.05, 0) is 31.0 Å². The highest BCUT2D eigenvalue weighted by atomic mass is 32.2. The van der Waals surface area contributed by atoms with E-state index in [0.29, 0.717) is 30.9 Å². The molecule has 1 aromatic rings. The first kappa shape index (κ1) is 18.0. The van der Waals surface area contributed by atoms with Crippen LogP contribution in [0.25, 0.3) is 0 Å². The molecule has 0 atom stereocenters. The van der Waals surface area contributed by atoms with Crippen LogP contribution in [0.3, 0.4) is 0 Å². The highest BCUT2D eigenvalue weighted by Crippen LogP contribution is 2.26. The lowest BCUT2D eigenvalue weighted by atomic mass is 10.1. The van der Waals surface area contributed by atoms with Crippen LogP contribution in [0.5, 0.6) is 0 Å². The highest BCUT2D eigenvalue weighted by Gasteiger charge is 2.19. The third kappa shape index (κ3) is 5.09. The Morgan fingerprint density at radius 3 is 2.72 bits per heavy atom. The van der Waals surface area contributed by atoms with Crippen molar-refractivity contribution in [3.05, 3.63) is 23.8 Å². The number of anilines is 2. The molecule has 0 spiro atoms. The van der Waals surface area contributed by atoms with Crippen molar-refractivity contribution in [2.75, 3.05) is 16.6 Å². The molecule has 3 N–H and O–H groups in total. The molecule has 25 heavy (non-hydrogen) atoms. The summed E-state index contributed by atoms with van der Waals surface area (Å²) < 4.78 is 34.2. The number of fused-ring (bicyclic) bond motifs is 1. The average Bonchev–Trinajstić information content (AvgIpc) is 2.83. The zero-order valence-corrected chi connectivity index (χ0v) is 15.4. The molecule has 1 fully saturated rings. The molecular formula is C17H26N4O3S. The van der Waals surface area contributed by atoms with Crippen LogP contribution in [0.1, 0.15) is 51.0 Å². The van der Waals surface area contributed by atoms with Gasteiger partial charge in [-0.2, -0.15) is 13.1 Å². The van der Waals surface area contributed by atoms with Crippen molar-refractivity contribution >= 4 is 27.6 Å². The van der Waals surface area contributed by atoms with Gasteiger partial charge in [-0.3, -0.25) is 4.72 Å². The summed E-state index contributed by atoms with van der Waals surface area (Å²) in [7, 11) is -3.53. The first-order valence-electron chi connectivity index (χ1n) is 8.93. The van der Waals surface area contributed by atoms with E-state index < -0.39 is 10.2 Å². The Morgan fingerprint density at radius 2 is 2.00 bits per heavy atom. The molecule has 1 heterocycles. The monoisotopic (exact) mass is 366 g/mol. The Hall–Kier alpha value is -1.80. The molecule has 3 rings (SSSR count). The number of aliphatic imine (C=N–C) groups is 1. The second-order valence-corrected chi connectivity index (χ2v) is 7.97. The van der Waals surface area contributed by atoms with Gasteiger partial charge in [0.25, 0.3) is 16.2 Å². The summed E-state index contributed by atoms with van der Waals surface area (Å²) in [5.41, 5.74) is 2.32.